The number of carbonyl (C=O) groups excluding carboxylic acids is 2. The highest BCUT2D eigenvalue weighted by atomic mass is 16.5. The van der Waals surface area contributed by atoms with Crippen molar-refractivity contribution in [3.8, 4) is 0 Å². The highest BCUT2D eigenvalue weighted by Crippen LogP contribution is 2.12. The lowest BCUT2D eigenvalue weighted by atomic mass is 10.1. The highest BCUT2D eigenvalue weighted by molar-refractivity contribution is 5.89. The Kier molecular flexibility index (Phi) is 7.99. The fraction of sp³-hybridized carbons (Fsp3) is 0.500. The minimum atomic E-state index is -0.268. The van der Waals surface area contributed by atoms with Gasteiger partial charge in [-0.05, 0) is 38.0 Å². The fourth-order valence-electron chi connectivity index (χ4n) is 1.82. The maximum Gasteiger partial charge on any atom is 0.319 e. The molecule has 3 N–H and O–H groups in total. The van der Waals surface area contributed by atoms with E-state index in [0.717, 1.165) is 5.56 Å². The number of aryl methyl sites for hydroxylation is 1. The van der Waals surface area contributed by atoms with Crippen molar-refractivity contribution >= 4 is 17.6 Å². The predicted molar refractivity (Wildman–Crippen MR) is 86.9 cm³/mol. The normalized spacial score (nSPS) is 10.4. The molecule has 0 radical (unpaired) electrons. The van der Waals surface area contributed by atoms with Crippen LogP contribution in [0.25, 0.3) is 0 Å². The predicted octanol–water partition coefficient (Wildman–Crippen LogP) is 1.91. The van der Waals surface area contributed by atoms with Crippen LogP contribution in [0.5, 0.6) is 0 Å². The Balaban J connectivity index is 2.38. The van der Waals surface area contributed by atoms with Crippen molar-refractivity contribution in [2.75, 3.05) is 25.5 Å². The van der Waals surface area contributed by atoms with Gasteiger partial charge >= 0.3 is 6.03 Å². The van der Waals surface area contributed by atoms with E-state index in [4.69, 9.17) is 4.74 Å². The van der Waals surface area contributed by atoms with Gasteiger partial charge in [-0.1, -0.05) is 12.1 Å². The molecular weight excluding hydrogens is 282 g/mol. The number of anilines is 1. The molecule has 1 rings (SSSR count). The third-order valence-electron chi connectivity index (χ3n) is 2.94. The average molecular weight is 307 g/mol. The maximum atomic E-state index is 11.7. The van der Waals surface area contributed by atoms with E-state index in [-0.39, 0.29) is 18.0 Å². The number of amides is 3. The van der Waals surface area contributed by atoms with Gasteiger partial charge in [0.1, 0.15) is 0 Å². The second kappa shape index (κ2) is 9.78. The molecule has 0 saturated heterocycles. The lowest BCUT2D eigenvalue weighted by Crippen LogP contribution is -2.32. The molecule has 0 aromatic heterocycles. The Morgan fingerprint density at radius 1 is 1.27 bits per heavy atom. The Morgan fingerprint density at radius 3 is 2.73 bits per heavy atom. The molecule has 22 heavy (non-hydrogen) atoms. The molecule has 122 valence electrons. The van der Waals surface area contributed by atoms with Crippen molar-refractivity contribution in [1.29, 1.82) is 0 Å². The molecular formula is C16H25N3O3. The Hall–Kier alpha value is -2.08. The van der Waals surface area contributed by atoms with E-state index in [2.05, 4.69) is 16.0 Å². The molecule has 6 heteroatoms. The minimum Gasteiger partial charge on any atom is -0.377 e. The lowest BCUT2D eigenvalue weighted by Gasteiger charge is -2.10. The Bertz CT molecular complexity index is 489. The first kappa shape index (κ1) is 18.0. The second-order valence-corrected chi connectivity index (χ2v) is 5.17. The van der Waals surface area contributed by atoms with Crippen LogP contribution in [0.15, 0.2) is 24.3 Å². The molecule has 0 fully saturated rings. The number of ether oxygens (including phenoxy) is 1. The SMILES string of the molecule is CNC(=O)CCc1cccc(NC(=O)NCCOC(C)C)c1. The van der Waals surface area contributed by atoms with Gasteiger partial charge in [-0.15, -0.1) is 0 Å². The maximum absolute atomic E-state index is 11.7. The largest absolute Gasteiger partial charge is 0.377 e. The standard InChI is InChI=1S/C16H25N3O3/c1-12(2)22-10-9-18-16(21)19-14-6-4-5-13(11-14)7-8-15(20)17-3/h4-6,11-12H,7-10H2,1-3H3,(H,17,20)(H2,18,19,21). The molecule has 0 spiro atoms. The number of hydrogen-bond donors (Lipinski definition) is 3. The van der Waals surface area contributed by atoms with Gasteiger partial charge in [0.15, 0.2) is 0 Å². The minimum absolute atomic E-state index is 0.00116. The zero-order valence-electron chi connectivity index (χ0n) is 13.4. The van der Waals surface area contributed by atoms with Gasteiger partial charge in [0.05, 0.1) is 12.7 Å². The van der Waals surface area contributed by atoms with Gasteiger partial charge in [-0.25, -0.2) is 4.79 Å². The van der Waals surface area contributed by atoms with Crippen LogP contribution in [-0.2, 0) is 16.0 Å². The monoisotopic (exact) mass is 307 g/mol. The van der Waals surface area contributed by atoms with Crippen molar-refractivity contribution < 1.29 is 14.3 Å². The molecule has 0 aliphatic carbocycles. The number of hydrogen-bond acceptors (Lipinski definition) is 3. The summed E-state index contributed by atoms with van der Waals surface area (Å²) in [5, 5.41) is 8.08. The first-order valence-electron chi connectivity index (χ1n) is 7.47. The van der Waals surface area contributed by atoms with Crippen LogP contribution >= 0.6 is 0 Å². The summed E-state index contributed by atoms with van der Waals surface area (Å²) in [6.07, 6.45) is 1.22. The number of nitrogens with one attached hydrogen (secondary N) is 3. The lowest BCUT2D eigenvalue weighted by molar-refractivity contribution is -0.120. The van der Waals surface area contributed by atoms with E-state index in [9.17, 15) is 9.59 Å². The molecule has 0 bridgehead atoms. The zero-order chi connectivity index (χ0) is 16.4. The summed E-state index contributed by atoms with van der Waals surface area (Å²) < 4.78 is 5.35. The van der Waals surface area contributed by atoms with Crippen LogP contribution in [0, 0.1) is 0 Å². The fourth-order valence-corrected chi connectivity index (χ4v) is 1.82. The Labute approximate surface area is 131 Å². The van der Waals surface area contributed by atoms with Gasteiger partial charge in [0.25, 0.3) is 0 Å². The van der Waals surface area contributed by atoms with Crippen molar-refractivity contribution in [1.82, 2.24) is 10.6 Å². The summed E-state index contributed by atoms with van der Waals surface area (Å²) in [6.45, 7) is 4.84. The van der Waals surface area contributed by atoms with E-state index in [1.807, 2.05) is 38.1 Å². The van der Waals surface area contributed by atoms with Gasteiger partial charge in [0.2, 0.25) is 5.91 Å². The van der Waals surface area contributed by atoms with Crippen molar-refractivity contribution in [3.05, 3.63) is 29.8 Å². The first-order valence-corrected chi connectivity index (χ1v) is 7.47. The molecule has 1 aromatic rings. The van der Waals surface area contributed by atoms with Crippen LogP contribution < -0.4 is 16.0 Å². The summed E-state index contributed by atoms with van der Waals surface area (Å²) in [5.41, 5.74) is 1.71. The summed E-state index contributed by atoms with van der Waals surface area (Å²) >= 11 is 0. The van der Waals surface area contributed by atoms with Crippen LogP contribution in [0.3, 0.4) is 0 Å². The zero-order valence-corrected chi connectivity index (χ0v) is 13.4. The second-order valence-electron chi connectivity index (χ2n) is 5.17. The smallest absolute Gasteiger partial charge is 0.319 e. The summed E-state index contributed by atoms with van der Waals surface area (Å²) in [6, 6.07) is 7.20. The van der Waals surface area contributed by atoms with Gasteiger partial charge in [0, 0.05) is 25.7 Å². The third kappa shape index (κ3) is 7.64. The van der Waals surface area contributed by atoms with Crippen molar-refractivity contribution in [2.45, 2.75) is 32.8 Å². The number of rotatable bonds is 8. The van der Waals surface area contributed by atoms with E-state index in [1.54, 1.807) is 7.05 Å². The highest BCUT2D eigenvalue weighted by Gasteiger charge is 2.04. The quantitative estimate of drug-likeness (QED) is 0.642. The number of carbonyl (C=O) groups is 2. The molecule has 0 saturated carbocycles. The topological polar surface area (TPSA) is 79.5 Å². The van der Waals surface area contributed by atoms with Gasteiger partial charge < -0.3 is 20.7 Å². The van der Waals surface area contributed by atoms with Crippen LogP contribution in [0.4, 0.5) is 10.5 Å². The van der Waals surface area contributed by atoms with Crippen molar-refractivity contribution in [3.63, 3.8) is 0 Å². The summed E-state index contributed by atoms with van der Waals surface area (Å²) in [4.78, 5) is 23.0. The van der Waals surface area contributed by atoms with Gasteiger partial charge in [-0.2, -0.15) is 0 Å². The molecule has 0 aliphatic rings. The van der Waals surface area contributed by atoms with Gasteiger partial charge in [-0.3, -0.25) is 4.79 Å². The average Bonchev–Trinajstić information content (AvgIpc) is 2.49. The summed E-state index contributed by atoms with van der Waals surface area (Å²) in [7, 11) is 1.62. The van der Waals surface area contributed by atoms with Crippen LogP contribution in [0.2, 0.25) is 0 Å². The molecule has 0 aliphatic heterocycles. The van der Waals surface area contributed by atoms with E-state index < -0.39 is 0 Å². The van der Waals surface area contributed by atoms with E-state index >= 15 is 0 Å². The Morgan fingerprint density at radius 2 is 2.05 bits per heavy atom. The number of benzene rings is 1. The molecule has 0 atom stereocenters. The number of urea groups is 1. The molecule has 3 amide bonds. The van der Waals surface area contributed by atoms with Crippen LogP contribution in [0.1, 0.15) is 25.8 Å². The molecule has 0 unspecified atom stereocenters. The molecule has 1 aromatic carbocycles. The summed E-state index contributed by atoms with van der Waals surface area (Å²) in [5.74, 6) is 0.00116. The van der Waals surface area contributed by atoms with E-state index in [1.165, 1.54) is 0 Å². The molecule has 0 heterocycles. The first-order chi connectivity index (χ1) is 10.5. The van der Waals surface area contributed by atoms with Crippen LogP contribution in [-0.4, -0.2) is 38.2 Å². The molecule has 6 nitrogen and oxygen atoms in total. The third-order valence-corrected chi connectivity index (χ3v) is 2.94. The van der Waals surface area contributed by atoms with Crippen molar-refractivity contribution in [2.24, 2.45) is 0 Å². The van der Waals surface area contributed by atoms with E-state index in [0.29, 0.717) is 31.7 Å².